The van der Waals surface area contributed by atoms with E-state index in [1.165, 1.54) is 29.8 Å². The molecule has 2 aliphatic rings. The highest BCUT2D eigenvalue weighted by molar-refractivity contribution is 5.26. The van der Waals surface area contributed by atoms with E-state index >= 15 is 0 Å². The summed E-state index contributed by atoms with van der Waals surface area (Å²) in [6.07, 6.45) is 3.08. The minimum atomic E-state index is -4.29. The molecule has 0 amide bonds. The first-order valence-corrected chi connectivity index (χ1v) is 12.4. The van der Waals surface area contributed by atoms with Gasteiger partial charge in [0.15, 0.2) is 0 Å². The van der Waals surface area contributed by atoms with Crippen molar-refractivity contribution in [3.63, 3.8) is 0 Å². The summed E-state index contributed by atoms with van der Waals surface area (Å²) in [5.41, 5.74) is 8.67. The molecule has 2 atom stereocenters. The highest BCUT2D eigenvalue weighted by Crippen LogP contribution is 2.33. The quantitative estimate of drug-likeness (QED) is 0.537. The normalized spacial score (nSPS) is 21.6. The topological polar surface area (TPSA) is 57.4 Å². The summed E-state index contributed by atoms with van der Waals surface area (Å²) >= 11 is 0. The van der Waals surface area contributed by atoms with Crippen molar-refractivity contribution in [2.45, 2.75) is 56.9 Å². The lowest BCUT2D eigenvalue weighted by Crippen LogP contribution is -2.55. The number of nitrogens with zero attached hydrogens (tertiary/aromatic N) is 3. The second-order valence-electron chi connectivity index (χ2n) is 9.53. The van der Waals surface area contributed by atoms with Crippen molar-refractivity contribution < 1.29 is 13.2 Å². The number of aromatic nitrogens is 1. The van der Waals surface area contributed by atoms with E-state index in [1.54, 1.807) is 12.1 Å². The Bertz CT molecular complexity index is 902. The number of piperazine rings is 1. The van der Waals surface area contributed by atoms with Crippen molar-refractivity contribution in [1.82, 2.24) is 20.1 Å². The minimum Gasteiger partial charge on any atom is -0.330 e. The molecule has 5 nitrogen and oxygen atoms in total. The first-order chi connectivity index (χ1) is 16.4. The molecule has 2 heterocycles. The lowest BCUT2D eigenvalue weighted by Gasteiger charge is -2.40. The average molecular weight is 476 g/mol. The molecule has 0 bridgehead atoms. The number of nitrogens with one attached hydrogen (secondary N) is 1. The van der Waals surface area contributed by atoms with Crippen molar-refractivity contribution in [3.05, 3.63) is 65.0 Å². The molecule has 3 N–H and O–H groups in total. The van der Waals surface area contributed by atoms with Crippen LogP contribution >= 0.6 is 0 Å². The largest absolute Gasteiger partial charge is 0.416 e. The third-order valence-electron chi connectivity index (χ3n) is 6.99. The van der Waals surface area contributed by atoms with E-state index in [4.69, 9.17) is 10.7 Å². The lowest BCUT2D eigenvalue weighted by molar-refractivity contribution is -0.137. The van der Waals surface area contributed by atoms with Crippen molar-refractivity contribution in [3.8, 4) is 0 Å². The molecule has 4 rings (SSSR count). The highest BCUT2D eigenvalue weighted by atomic mass is 19.4. The summed E-state index contributed by atoms with van der Waals surface area (Å²) in [5.74, 6) is 0. The maximum Gasteiger partial charge on any atom is 0.416 e. The van der Waals surface area contributed by atoms with E-state index < -0.39 is 11.7 Å². The molecule has 34 heavy (non-hydrogen) atoms. The van der Waals surface area contributed by atoms with Gasteiger partial charge < -0.3 is 11.1 Å². The van der Waals surface area contributed by atoms with Gasteiger partial charge in [0.25, 0.3) is 0 Å². The fraction of sp³-hybridized carbons (Fsp3) is 0.577. The summed E-state index contributed by atoms with van der Waals surface area (Å²) in [7, 11) is 0. The number of rotatable bonds is 9. The highest BCUT2D eigenvalue weighted by Gasteiger charge is 2.31. The molecular formula is C26H36F3N5. The minimum absolute atomic E-state index is 0.301. The van der Waals surface area contributed by atoms with Gasteiger partial charge in [0.2, 0.25) is 0 Å². The molecule has 1 aliphatic carbocycles. The molecule has 8 heteroatoms. The number of benzene rings is 1. The maximum atomic E-state index is 12.9. The van der Waals surface area contributed by atoms with Crippen molar-refractivity contribution >= 4 is 0 Å². The van der Waals surface area contributed by atoms with Crippen molar-refractivity contribution in [2.75, 3.05) is 39.3 Å². The molecular weight excluding hydrogens is 439 g/mol. The van der Waals surface area contributed by atoms with Gasteiger partial charge in [0.05, 0.1) is 17.3 Å². The fourth-order valence-electron chi connectivity index (χ4n) is 5.27. The Balaban J connectivity index is 1.40. The number of pyridine rings is 1. The SMILES string of the molecule is NCCCCN(C[C@@H]1CN(Cc2ccc(C(F)(F)F)cc2)CCN1)[C@H]1CCCc2cccnc21. The molecule has 0 spiro atoms. The molecule has 2 aromatic rings. The van der Waals surface area contributed by atoms with Crippen molar-refractivity contribution in [1.29, 1.82) is 0 Å². The molecule has 0 radical (unpaired) electrons. The maximum absolute atomic E-state index is 12.9. The van der Waals surface area contributed by atoms with Crippen LogP contribution in [0.3, 0.4) is 0 Å². The van der Waals surface area contributed by atoms with E-state index in [0.29, 0.717) is 25.2 Å². The number of unbranched alkanes of at least 4 members (excludes halogenated alkanes) is 1. The first kappa shape index (κ1) is 25.1. The van der Waals surface area contributed by atoms with Crippen LogP contribution in [0.5, 0.6) is 0 Å². The Morgan fingerprint density at radius 3 is 2.74 bits per heavy atom. The van der Waals surface area contributed by atoms with E-state index in [2.05, 4.69) is 21.2 Å². The number of hydrogen-bond acceptors (Lipinski definition) is 5. The van der Waals surface area contributed by atoms with Crippen LogP contribution in [-0.2, 0) is 19.1 Å². The van der Waals surface area contributed by atoms with E-state index in [0.717, 1.165) is 64.0 Å². The van der Waals surface area contributed by atoms with E-state index in [9.17, 15) is 13.2 Å². The molecule has 1 aliphatic heterocycles. The molecule has 1 aromatic heterocycles. The molecule has 1 saturated heterocycles. The Hall–Kier alpha value is -2.00. The summed E-state index contributed by atoms with van der Waals surface area (Å²) in [4.78, 5) is 9.69. The first-order valence-electron chi connectivity index (χ1n) is 12.4. The van der Waals surface area contributed by atoms with Gasteiger partial charge in [-0.1, -0.05) is 18.2 Å². The zero-order chi connectivity index (χ0) is 24.0. The van der Waals surface area contributed by atoms with Crippen LogP contribution in [0.15, 0.2) is 42.6 Å². The van der Waals surface area contributed by atoms with E-state index in [1.807, 2.05) is 12.3 Å². The van der Waals surface area contributed by atoms with Crippen LogP contribution in [-0.4, -0.2) is 60.1 Å². The Morgan fingerprint density at radius 1 is 1.15 bits per heavy atom. The van der Waals surface area contributed by atoms with Gasteiger partial charge in [-0.2, -0.15) is 13.2 Å². The van der Waals surface area contributed by atoms with Crippen LogP contribution < -0.4 is 11.1 Å². The Morgan fingerprint density at radius 2 is 1.97 bits per heavy atom. The molecule has 186 valence electrons. The smallest absolute Gasteiger partial charge is 0.330 e. The van der Waals surface area contributed by atoms with Crippen molar-refractivity contribution in [2.24, 2.45) is 5.73 Å². The van der Waals surface area contributed by atoms with Gasteiger partial charge in [-0.3, -0.25) is 14.8 Å². The predicted octanol–water partition coefficient (Wildman–Crippen LogP) is 3.99. The van der Waals surface area contributed by atoms with Gasteiger partial charge >= 0.3 is 6.18 Å². The lowest BCUT2D eigenvalue weighted by atomic mass is 9.90. The fourth-order valence-corrected chi connectivity index (χ4v) is 5.27. The van der Waals surface area contributed by atoms with E-state index in [-0.39, 0.29) is 0 Å². The summed E-state index contributed by atoms with van der Waals surface area (Å²) < 4.78 is 38.6. The Kier molecular flexibility index (Phi) is 8.58. The monoisotopic (exact) mass is 475 g/mol. The number of aryl methyl sites for hydroxylation is 1. The van der Waals surface area contributed by atoms with Gasteiger partial charge in [-0.15, -0.1) is 0 Å². The molecule has 0 saturated carbocycles. The van der Waals surface area contributed by atoms with Crippen LogP contribution in [0.25, 0.3) is 0 Å². The van der Waals surface area contributed by atoms with Gasteiger partial charge in [-0.05, 0) is 74.5 Å². The van der Waals surface area contributed by atoms with Gasteiger partial charge in [0, 0.05) is 45.0 Å². The third-order valence-corrected chi connectivity index (χ3v) is 6.99. The third kappa shape index (κ3) is 6.56. The van der Waals surface area contributed by atoms with Gasteiger partial charge in [-0.25, -0.2) is 0 Å². The standard InChI is InChI=1S/C26H36F3N5/c27-26(28,29)22-10-8-20(9-11-22)17-33-16-14-31-23(18-33)19-34(15-2-1-12-30)24-7-3-5-21-6-4-13-32-25(21)24/h4,6,8-11,13,23-24,31H,1-3,5,7,12,14-19,30H2/t23-,24-/m0/s1. The van der Waals surface area contributed by atoms with Crippen LogP contribution in [0.2, 0.25) is 0 Å². The molecule has 0 unspecified atom stereocenters. The van der Waals surface area contributed by atoms with Crippen LogP contribution in [0.1, 0.15) is 54.1 Å². The summed E-state index contributed by atoms with van der Waals surface area (Å²) in [5, 5.41) is 3.67. The number of alkyl halides is 3. The summed E-state index contributed by atoms with van der Waals surface area (Å²) in [6, 6.07) is 10.4. The second kappa shape index (κ2) is 11.6. The molecule has 1 fully saturated rings. The summed E-state index contributed by atoms with van der Waals surface area (Å²) in [6.45, 7) is 5.92. The number of nitrogens with two attached hydrogens (primary N) is 1. The zero-order valence-corrected chi connectivity index (χ0v) is 19.7. The Labute approximate surface area is 200 Å². The molecule has 1 aromatic carbocycles. The average Bonchev–Trinajstić information content (AvgIpc) is 2.83. The zero-order valence-electron chi connectivity index (χ0n) is 19.7. The second-order valence-corrected chi connectivity index (χ2v) is 9.53. The number of fused-ring (bicyclic) bond motifs is 1. The predicted molar refractivity (Wildman–Crippen MR) is 128 cm³/mol. The van der Waals surface area contributed by atoms with Crippen LogP contribution in [0, 0.1) is 0 Å². The number of halogens is 3. The van der Waals surface area contributed by atoms with Crippen LogP contribution in [0.4, 0.5) is 13.2 Å². The number of hydrogen-bond donors (Lipinski definition) is 2. The van der Waals surface area contributed by atoms with Gasteiger partial charge in [0.1, 0.15) is 0 Å².